The molecule has 44 heavy (non-hydrogen) atoms. The van der Waals surface area contributed by atoms with Crippen molar-refractivity contribution in [3.63, 3.8) is 0 Å². The van der Waals surface area contributed by atoms with Crippen molar-refractivity contribution in [3.05, 3.63) is 59.7 Å². The fraction of sp³-hybridized carbons (Fsp3) is 0.364. The molecule has 2 aliphatic rings. The molecule has 0 atom stereocenters. The number of urea groups is 1. The third kappa shape index (κ3) is 4.37. The molecule has 0 spiro atoms. The molecule has 3 N–H and O–H groups in total. The number of aryl methyl sites for hydroxylation is 2. The zero-order chi connectivity index (χ0) is 30.9. The Morgan fingerprint density at radius 2 is 1.86 bits per heavy atom. The van der Waals surface area contributed by atoms with Crippen molar-refractivity contribution >= 4 is 39.7 Å². The number of nitrogens with one attached hydrogen (secondary N) is 3. The van der Waals surface area contributed by atoms with Crippen LogP contribution in [0.2, 0.25) is 0 Å². The van der Waals surface area contributed by atoms with Gasteiger partial charge < -0.3 is 20.4 Å². The molecule has 7 rings (SSSR count). The van der Waals surface area contributed by atoms with Gasteiger partial charge in [-0.15, -0.1) is 0 Å². The zero-order valence-corrected chi connectivity index (χ0v) is 25.9. The highest BCUT2D eigenvalue weighted by molar-refractivity contribution is 6.14. The van der Waals surface area contributed by atoms with E-state index in [1.807, 2.05) is 22.0 Å². The maximum Gasteiger partial charge on any atom is 0.407 e. The number of ether oxygens (including phenoxy) is 1. The van der Waals surface area contributed by atoms with Gasteiger partial charge >= 0.3 is 12.1 Å². The molecule has 11 heteroatoms. The fourth-order valence-corrected chi connectivity index (χ4v) is 6.66. The Kier molecular flexibility index (Phi) is 6.56. The average Bonchev–Trinajstić information content (AvgIpc) is 3.59. The van der Waals surface area contributed by atoms with Crippen LogP contribution in [0.5, 0.6) is 0 Å². The third-order valence-corrected chi connectivity index (χ3v) is 9.20. The van der Waals surface area contributed by atoms with Crippen molar-refractivity contribution in [1.29, 1.82) is 0 Å². The lowest BCUT2D eigenvalue weighted by molar-refractivity contribution is -0.683. The van der Waals surface area contributed by atoms with Crippen LogP contribution in [-0.2, 0) is 18.3 Å². The van der Waals surface area contributed by atoms with Crippen molar-refractivity contribution in [3.8, 4) is 22.4 Å². The Bertz CT molecular complexity index is 1940. The molecular formula is C33H37N8O3+. The zero-order valence-electron chi connectivity index (χ0n) is 25.9. The number of nitrogens with zero attached hydrogens (tertiary/aromatic N) is 5. The summed E-state index contributed by atoms with van der Waals surface area (Å²) >= 11 is 0. The van der Waals surface area contributed by atoms with Gasteiger partial charge in [-0.1, -0.05) is 6.07 Å². The largest absolute Gasteiger partial charge is 0.453 e. The topological polar surface area (TPSA) is 121 Å². The molecule has 0 radical (unpaired) electrons. The first kappa shape index (κ1) is 27.9. The standard InChI is InChI=1S/C33H36N8O3/c1-17(2)41-26-8-7-20(11-22(26)16-36-41)27-28-30-23(15-35-32(42)40(30)25-12-24(13-25)37-33(43)44-6)14-34-31(28)38-29(27)21-9-18(3)39(5)19(4)10-21/h7-11,14,16-17,24-25H,12-13,15H2,1-6H3,(H2,35,37,42,43)/p+1. The van der Waals surface area contributed by atoms with Crippen LogP contribution in [0, 0.1) is 13.8 Å². The summed E-state index contributed by atoms with van der Waals surface area (Å²) in [4.78, 5) is 35.8. The van der Waals surface area contributed by atoms with E-state index in [4.69, 9.17) is 9.72 Å². The number of carbonyl (C=O) groups is 2. The summed E-state index contributed by atoms with van der Waals surface area (Å²) in [5, 5.41) is 12.5. The van der Waals surface area contributed by atoms with Gasteiger partial charge in [0.05, 0.1) is 35.6 Å². The van der Waals surface area contributed by atoms with Crippen molar-refractivity contribution in [2.24, 2.45) is 7.05 Å². The minimum Gasteiger partial charge on any atom is -0.453 e. The van der Waals surface area contributed by atoms with Crippen LogP contribution < -0.4 is 20.1 Å². The van der Waals surface area contributed by atoms with Gasteiger partial charge in [0.2, 0.25) is 0 Å². The lowest BCUT2D eigenvalue weighted by atomic mass is 9.84. The van der Waals surface area contributed by atoms with E-state index in [1.165, 1.54) is 7.11 Å². The van der Waals surface area contributed by atoms with E-state index < -0.39 is 6.09 Å². The Morgan fingerprint density at radius 1 is 1.11 bits per heavy atom. The molecule has 0 bridgehead atoms. The number of rotatable bonds is 5. The van der Waals surface area contributed by atoms with Crippen molar-refractivity contribution in [1.82, 2.24) is 30.4 Å². The number of methoxy groups -OCH3 is 1. The Labute approximate surface area is 255 Å². The molecule has 1 aromatic carbocycles. The maximum absolute atomic E-state index is 13.6. The van der Waals surface area contributed by atoms with E-state index in [-0.39, 0.29) is 24.2 Å². The molecule has 226 valence electrons. The van der Waals surface area contributed by atoms with Gasteiger partial charge in [-0.05, 0) is 44.4 Å². The van der Waals surface area contributed by atoms with Crippen molar-refractivity contribution < 1.29 is 18.9 Å². The number of pyridine rings is 2. The summed E-state index contributed by atoms with van der Waals surface area (Å²) in [7, 11) is 3.42. The van der Waals surface area contributed by atoms with Crippen LogP contribution >= 0.6 is 0 Å². The highest BCUT2D eigenvalue weighted by Crippen LogP contribution is 2.46. The molecule has 1 aliphatic carbocycles. The first-order valence-corrected chi connectivity index (χ1v) is 15.0. The number of alkyl carbamates (subject to hydrolysis) is 1. The molecule has 1 saturated carbocycles. The fourth-order valence-electron chi connectivity index (χ4n) is 6.66. The Balaban J connectivity index is 1.46. The van der Waals surface area contributed by atoms with Gasteiger partial charge in [0, 0.05) is 78.9 Å². The predicted molar refractivity (Wildman–Crippen MR) is 168 cm³/mol. The minimum atomic E-state index is -0.459. The number of H-pyrrole nitrogens is 1. The van der Waals surface area contributed by atoms with Gasteiger partial charge in [0.1, 0.15) is 12.7 Å². The number of fused-ring (bicyclic) bond motifs is 4. The number of hydrogen-bond acceptors (Lipinski definition) is 5. The number of carbonyl (C=O) groups excluding carboxylic acids is 2. The maximum atomic E-state index is 13.6. The molecule has 0 unspecified atom stereocenters. The molecule has 0 saturated heterocycles. The number of benzene rings is 1. The van der Waals surface area contributed by atoms with E-state index in [9.17, 15) is 9.59 Å². The number of aromatic nitrogens is 5. The van der Waals surface area contributed by atoms with Crippen molar-refractivity contribution in [2.75, 3.05) is 12.0 Å². The molecule has 4 aromatic heterocycles. The number of amides is 3. The first-order chi connectivity index (χ1) is 21.1. The number of anilines is 1. The average molecular weight is 594 g/mol. The van der Waals surface area contributed by atoms with E-state index in [0.717, 1.165) is 67.0 Å². The second kappa shape index (κ2) is 10.4. The van der Waals surface area contributed by atoms with E-state index in [1.54, 1.807) is 0 Å². The monoisotopic (exact) mass is 593 g/mol. The van der Waals surface area contributed by atoms with Crippen LogP contribution in [0.3, 0.4) is 0 Å². The SMILES string of the molecule is COC(=O)NC1CC(N2C(=O)NCc3cnc4[nH]c(-c5cc(C)[n+](C)c(C)c5)c(-c5ccc6c(cnn6C(C)C)c5)c4c32)C1. The van der Waals surface area contributed by atoms with Gasteiger partial charge in [-0.25, -0.2) is 19.1 Å². The second-order valence-corrected chi connectivity index (χ2v) is 12.3. The van der Waals surface area contributed by atoms with Crippen LogP contribution in [0.4, 0.5) is 15.3 Å². The summed E-state index contributed by atoms with van der Waals surface area (Å²) in [6.07, 6.45) is 4.58. The first-order valence-electron chi connectivity index (χ1n) is 15.0. The highest BCUT2D eigenvalue weighted by Gasteiger charge is 2.42. The van der Waals surface area contributed by atoms with Gasteiger partial charge in [-0.2, -0.15) is 5.10 Å². The molecule has 1 aliphatic heterocycles. The van der Waals surface area contributed by atoms with Gasteiger partial charge in [-0.3, -0.25) is 9.58 Å². The summed E-state index contributed by atoms with van der Waals surface area (Å²) < 4.78 is 8.99. The quantitative estimate of drug-likeness (QED) is 0.242. The summed E-state index contributed by atoms with van der Waals surface area (Å²) in [6.45, 7) is 8.85. The minimum absolute atomic E-state index is 0.0554. The predicted octanol–water partition coefficient (Wildman–Crippen LogP) is 5.19. The van der Waals surface area contributed by atoms with Gasteiger partial charge in [0.25, 0.3) is 0 Å². The molecule has 3 amide bonds. The van der Waals surface area contributed by atoms with Crippen LogP contribution in [0.1, 0.15) is 49.7 Å². The van der Waals surface area contributed by atoms with E-state index in [0.29, 0.717) is 19.4 Å². The summed E-state index contributed by atoms with van der Waals surface area (Å²) in [5.74, 6) is 0. The van der Waals surface area contributed by atoms with Crippen molar-refractivity contribution in [2.45, 2.75) is 65.2 Å². The third-order valence-electron chi connectivity index (χ3n) is 9.20. The molecule has 5 aromatic rings. The van der Waals surface area contributed by atoms with Crippen LogP contribution in [-0.4, -0.2) is 51.1 Å². The second-order valence-electron chi connectivity index (χ2n) is 12.3. The lowest BCUT2D eigenvalue weighted by Gasteiger charge is -2.45. The lowest BCUT2D eigenvalue weighted by Crippen LogP contribution is -2.59. The Hall–Kier alpha value is -4.93. The molecule has 5 heterocycles. The number of hydrogen-bond donors (Lipinski definition) is 3. The Morgan fingerprint density at radius 3 is 2.57 bits per heavy atom. The molecule has 11 nitrogen and oxygen atoms in total. The molecule has 1 fully saturated rings. The normalized spacial score (nSPS) is 18.0. The van der Waals surface area contributed by atoms with Crippen LogP contribution in [0.25, 0.3) is 44.3 Å². The van der Waals surface area contributed by atoms with Gasteiger partial charge in [0.15, 0.2) is 11.4 Å². The van der Waals surface area contributed by atoms with Crippen LogP contribution in [0.15, 0.2) is 42.7 Å². The highest BCUT2D eigenvalue weighted by atomic mass is 16.5. The smallest absolute Gasteiger partial charge is 0.407 e. The summed E-state index contributed by atoms with van der Waals surface area (Å²) in [6, 6.07) is 10.8. The van der Waals surface area contributed by atoms with E-state index >= 15 is 0 Å². The summed E-state index contributed by atoms with van der Waals surface area (Å²) in [5.41, 5.74) is 9.90. The van der Waals surface area contributed by atoms with E-state index in [2.05, 4.69) is 90.4 Å². The molecular weight excluding hydrogens is 556 g/mol. The number of aromatic amines is 1.